The molecule has 0 spiro atoms. The number of ether oxygens (including phenoxy) is 3. The van der Waals surface area contributed by atoms with Crippen LogP contribution in [0, 0.1) is 11.8 Å². The van der Waals surface area contributed by atoms with Crippen LogP contribution in [0.4, 0.5) is 0 Å². The Morgan fingerprint density at radius 3 is 1.83 bits per heavy atom. The van der Waals surface area contributed by atoms with Gasteiger partial charge in [-0.1, -0.05) is 90.0 Å². The molecule has 0 aliphatic heterocycles. The molecule has 1 aliphatic rings. The minimum Gasteiger partial charge on any atom is -0.494 e. The van der Waals surface area contributed by atoms with Gasteiger partial charge in [-0.15, -0.1) is 6.58 Å². The average molecular weight is 563 g/mol. The van der Waals surface area contributed by atoms with E-state index in [-0.39, 0.29) is 5.97 Å². The molecule has 1 saturated carbocycles. The number of allylic oxidation sites excluding steroid dienone is 1. The number of carbonyl (C=O) groups excluding carboxylic acids is 1. The van der Waals surface area contributed by atoms with E-state index in [9.17, 15) is 4.79 Å². The van der Waals surface area contributed by atoms with E-state index in [1.54, 1.807) is 24.3 Å². The second-order valence-corrected chi connectivity index (χ2v) is 11.8. The molecule has 0 heterocycles. The molecule has 1 fully saturated rings. The maximum Gasteiger partial charge on any atom is 0.343 e. The Balaban J connectivity index is 1.25. The Labute approximate surface area is 249 Å². The lowest BCUT2D eigenvalue weighted by molar-refractivity contribution is 0.0734. The highest BCUT2D eigenvalue weighted by Crippen LogP contribution is 2.34. The molecule has 2 aromatic carbocycles. The summed E-state index contributed by atoms with van der Waals surface area (Å²) in [5.41, 5.74) is 0.503. The number of esters is 1. The summed E-state index contributed by atoms with van der Waals surface area (Å²) in [6, 6.07) is 14.5. The monoisotopic (exact) mass is 562 g/mol. The highest BCUT2D eigenvalue weighted by molar-refractivity contribution is 5.91. The smallest absolute Gasteiger partial charge is 0.343 e. The summed E-state index contributed by atoms with van der Waals surface area (Å²) in [5, 5.41) is 0. The Hall–Kier alpha value is -2.75. The van der Waals surface area contributed by atoms with Gasteiger partial charge in [-0.05, 0) is 92.5 Å². The molecule has 4 heteroatoms. The standard InChI is InChI=1S/C37H54O4/c1-3-5-7-9-11-13-29-39-34-23-21-33(22-24-34)37(38)41-36-27-25-35(26-28-36)40-30-14-16-32-19-17-31(18-20-32)15-12-10-8-6-4-2/h3,21-28,31-32H,1,4-20,29-30H2,2H3. The Morgan fingerprint density at radius 2 is 1.20 bits per heavy atom. The van der Waals surface area contributed by atoms with Crippen LogP contribution >= 0.6 is 0 Å². The molecule has 0 N–H and O–H groups in total. The fraction of sp³-hybridized carbons (Fsp3) is 0.595. The maximum atomic E-state index is 12.6. The summed E-state index contributed by atoms with van der Waals surface area (Å²) < 4.78 is 17.3. The van der Waals surface area contributed by atoms with Gasteiger partial charge < -0.3 is 14.2 Å². The summed E-state index contributed by atoms with van der Waals surface area (Å²) in [7, 11) is 0. The minimum atomic E-state index is -0.376. The highest BCUT2D eigenvalue weighted by atomic mass is 16.5. The molecular formula is C37H54O4. The van der Waals surface area contributed by atoms with E-state index in [1.807, 2.05) is 30.3 Å². The van der Waals surface area contributed by atoms with Crippen LogP contribution < -0.4 is 14.2 Å². The largest absolute Gasteiger partial charge is 0.494 e. The van der Waals surface area contributed by atoms with E-state index >= 15 is 0 Å². The third-order valence-corrected chi connectivity index (χ3v) is 8.40. The zero-order chi connectivity index (χ0) is 29.0. The van der Waals surface area contributed by atoms with Crippen LogP contribution in [-0.4, -0.2) is 19.2 Å². The molecule has 226 valence electrons. The molecule has 41 heavy (non-hydrogen) atoms. The highest BCUT2D eigenvalue weighted by Gasteiger charge is 2.20. The normalized spacial score (nSPS) is 16.7. The second kappa shape index (κ2) is 20.2. The average Bonchev–Trinajstić information content (AvgIpc) is 3.00. The summed E-state index contributed by atoms with van der Waals surface area (Å²) in [5.74, 6) is 3.58. The van der Waals surface area contributed by atoms with Crippen LogP contribution in [0.3, 0.4) is 0 Å². The number of rotatable bonds is 21. The number of hydrogen-bond donors (Lipinski definition) is 0. The van der Waals surface area contributed by atoms with E-state index in [4.69, 9.17) is 14.2 Å². The molecule has 0 amide bonds. The van der Waals surface area contributed by atoms with Crippen LogP contribution in [0.5, 0.6) is 17.2 Å². The summed E-state index contributed by atoms with van der Waals surface area (Å²) in [6.07, 6.45) is 24.1. The van der Waals surface area contributed by atoms with Gasteiger partial charge in [0.15, 0.2) is 0 Å². The first-order chi connectivity index (χ1) is 20.2. The zero-order valence-electron chi connectivity index (χ0n) is 25.6. The van der Waals surface area contributed by atoms with Crippen molar-refractivity contribution in [2.75, 3.05) is 13.2 Å². The van der Waals surface area contributed by atoms with Gasteiger partial charge in [0.1, 0.15) is 17.2 Å². The molecule has 0 atom stereocenters. The summed E-state index contributed by atoms with van der Waals surface area (Å²) >= 11 is 0. The van der Waals surface area contributed by atoms with Crippen molar-refractivity contribution in [2.45, 2.75) is 116 Å². The molecule has 4 nitrogen and oxygen atoms in total. The number of benzene rings is 2. The van der Waals surface area contributed by atoms with Gasteiger partial charge in [0, 0.05) is 0 Å². The zero-order valence-corrected chi connectivity index (χ0v) is 25.6. The lowest BCUT2D eigenvalue weighted by Crippen LogP contribution is -2.15. The van der Waals surface area contributed by atoms with Crippen molar-refractivity contribution in [1.29, 1.82) is 0 Å². The van der Waals surface area contributed by atoms with Gasteiger partial charge >= 0.3 is 5.97 Å². The van der Waals surface area contributed by atoms with Gasteiger partial charge in [-0.2, -0.15) is 0 Å². The van der Waals surface area contributed by atoms with Gasteiger partial charge in [-0.25, -0.2) is 4.79 Å². The van der Waals surface area contributed by atoms with Gasteiger partial charge in [0.05, 0.1) is 18.8 Å². The first kappa shape index (κ1) is 32.8. The molecule has 1 aliphatic carbocycles. The Morgan fingerprint density at radius 1 is 0.683 bits per heavy atom. The fourth-order valence-electron chi connectivity index (χ4n) is 5.80. The van der Waals surface area contributed by atoms with Crippen molar-refractivity contribution in [3.8, 4) is 17.2 Å². The number of hydrogen-bond acceptors (Lipinski definition) is 4. The van der Waals surface area contributed by atoms with Crippen molar-refractivity contribution >= 4 is 5.97 Å². The molecule has 0 radical (unpaired) electrons. The van der Waals surface area contributed by atoms with E-state index < -0.39 is 0 Å². The van der Waals surface area contributed by atoms with Crippen molar-refractivity contribution in [2.24, 2.45) is 11.8 Å². The quantitative estimate of drug-likeness (QED) is 0.0657. The SMILES string of the molecule is C=CCCCCCCOc1ccc(C(=O)Oc2ccc(OCCCC3CCC(CCCCCCC)CC3)cc2)cc1. The third-order valence-electron chi connectivity index (χ3n) is 8.40. The number of unbranched alkanes of at least 4 members (excludes halogenated alkanes) is 8. The topological polar surface area (TPSA) is 44.8 Å². The van der Waals surface area contributed by atoms with E-state index in [1.165, 1.54) is 83.5 Å². The van der Waals surface area contributed by atoms with Gasteiger partial charge in [0.2, 0.25) is 0 Å². The fourth-order valence-corrected chi connectivity index (χ4v) is 5.80. The van der Waals surface area contributed by atoms with Crippen LogP contribution in [0.2, 0.25) is 0 Å². The molecular weight excluding hydrogens is 508 g/mol. The van der Waals surface area contributed by atoms with E-state index in [0.717, 1.165) is 55.6 Å². The van der Waals surface area contributed by atoms with Crippen LogP contribution in [-0.2, 0) is 0 Å². The molecule has 0 saturated heterocycles. The second-order valence-electron chi connectivity index (χ2n) is 11.8. The number of carbonyl (C=O) groups is 1. The van der Waals surface area contributed by atoms with Crippen LogP contribution in [0.1, 0.15) is 126 Å². The van der Waals surface area contributed by atoms with E-state index in [0.29, 0.717) is 17.9 Å². The van der Waals surface area contributed by atoms with Crippen molar-refractivity contribution in [1.82, 2.24) is 0 Å². The first-order valence-corrected chi connectivity index (χ1v) is 16.5. The predicted octanol–water partition coefficient (Wildman–Crippen LogP) is 10.7. The van der Waals surface area contributed by atoms with Crippen molar-refractivity contribution < 1.29 is 19.0 Å². The van der Waals surface area contributed by atoms with Gasteiger partial charge in [0.25, 0.3) is 0 Å². The summed E-state index contributed by atoms with van der Waals surface area (Å²) in [6.45, 7) is 7.46. The third kappa shape index (κ3) is 13.6. The lowest BCUT2D eigenvalue weighted by Gasteiger charge is -2.28. The Kier molecular flexibility index (Phi) is 16.1. The molecule has 2 aromatic rings. The maximum absolute atomic E-state index is 12.6. The van der Waals surface area contributed by atoms with Crippen LogP contribution in [0.25, 0.3) is 0 Å². The Bertz CT molecular complexity index is 957. The van der Waals surface area contributed by atoms with Crippen molar-refractivity contribution in [3.63, 3.8) is 0 Å². The molecule has 0 aromatic heterocycles. The lowest BCUT2D eigenvalue weighted by atomic mass is 9.78. The molecule has 3 rings (SSSR count). The van der Waals surface area contributed by atoms with Gasteiger partial charge in [-0.3, -0.25) is 0 Å². The first-order valence-electron chi connectivity index (χ1n) is 16.5. The molecule has 0 bridgehead atoms. The van der Waals surface area contributed by atoms with Crippen molar-refractivity contribution in [3.05, 3.63) is 66.7 Å². The molecule has 0 unspecified atom stereocenters. The van der Waals surface area contributed by atoms with Crippen LogP contribution in [0.15, 0.2) is 61.2 Å². The minimum absolute atomic E-state index is 0.376. The summed E-state index contributed by atoms with van der Waals surface area (Å²) in [4.78, 5) is 12.6. The predicted molar refractivity (Wildman–Crippen MR) is 170 cm³/mol. The van der Waals surface area contributed by atoms with E-state index in [2.05, 4.69) is 13.5 Å².